The van der Waals surface area contributed by atoms with Crippen molar-refractivity contribution in [3.05, 3.63) is 51.5 Å². The van der Waals surface area contributed by atoms with E-state index in [1.807, 2.05) is 0 Å². The van der Waals surface area contributed by atoms with E-state index in [9.17, 15) is 19.1 Å². The van der Waals surface area contributed by atoms with Crippen molar-refractivity contribution in [3.8, 4) is 0 Å². The fourth-order valence-corrected chi connectivity index (χ4v) is 2.78. The molecule has 0 heterocycles. The molecule has 144 valence electrons. The normalized spacial score (nSPS) is 11.1. The number of amides is 1. The van der Waals surface area contributed by atoms with E-state index in [1.54, 1.807) is 0 Å². The Hall–Kier alpha value is -2.52. The maximum absolute atomic E-state index is 15.2. The summed E-state index contributed by atoms with van der Waals surface area (Å²) in [6, 6.07) is 5.21. The second-order valence-corrected chi connectivity index (χ2v) is 7.01. The number of hydrogen-bond donors (Lipinski definition) is 3. The molecule has 0 aliphatic heterocycles. The number of carbonyl (C=O) groups excluding carboxylic acids is 2. The van der Waals surface area contributed by atoms with Gasteiger partial charge in [-0.15, -0.1) is 0 Å². The lowest BCUT2D eigenvalue weighted by atomic mass is 9.92. The molecule has 0 saturated carbocycles. The van der Waals surface area contributed by atoms with Crippen LogP contribution in [0, 0.1) is 11.6 Å². The summed E-state index contributed by atoms with van der Waals surface area (Å²) in [5, 5.41) is 15.0. The van der Waals surface area contributed by atoms with Crippen molar-refractivity contribution >= 4 is 45.4 Å². The average molecular weight is 443 g/mol. The number of esters is 1. The molecular weight excluding hydrogens is 426 g/mol. The van der Waals surface area contributed by atoms with E-state index in [0.29, 0.717) is 4.47 Å². The molecule has 3 N–H and O–H groups in total. The van der Waals surface area contributed by atoms with Crippen molar-refractivity contribution in [2.24, 2.45) is 0 Å². The molecule has 0 aliphatic carbocycles. The Morgan fingerprint density at radius 2 is 1.93 bits per heavy atom. The van der Waals surface area contributed by atoms with E-state index in [1.165, 1.54) is 32.0 Å². The SMILES string of the molecule is COC(=O)c1cc(C(C)(C)O)c(NC=O)c(F)c1Nc1ccc(Br)cc1F. The predicted octanol–water partition coefficient (Wildman–Crippen LogP) is 4.05. The highest BCUT2D eigenvalue weighted by Crippen LogP contribution is 2.38. The standard InChI is InChI=1S/C18H17BrF2N2O4/c1-18(2,26)11-7-10(17(25)27-3)15(14(21)16(11)22-8-24)23-13-5-4-9(19)6-12(13)20/h4-8,23,26H,1-3H3,(H,22,24). The number of anilines is 3. The van der Waals surface area contributed by atoms with Gasteiger partial charge in [0.2, 0.25) is 6.41 Å². The van der Waals surface area contributed by atoms with Gasteiger partial charge in [0.05, 0.1) is 35.3 Å². The van der Waals surface area contributed by atoms with E-state index in [0.717, 1.165) is 13.2 Å². The lowest BCUT2D eigenvalue weighted by Gasteiger charge is -2.24. The van der Waals surface area contributed by atoms with Gasteiger partial charge in [-0.25, -0.2) is 13.6 Å². The van der Waals surface area contributed by atoms with E-state index >= 15 is 4.39 Å². The van der Waals surface area contributed by atoms with E-state index in [2.05, 4.69) is 31.3 Å². The first-order chi connectivity index (χ1) is 12.6. The molecule has 0 fully saturated rings. The Kier molecular flexibility index (Phi) is 6.17. The van der Waals surface area contributed by atoms with Crippen LogP contribution in [0.3, 0.4) is 0 Å². The van der Waals surface area contributed by atoms with Gasteiger partial charge in [0, 0.05) is 10.0 Å². The highest BCUT2D eigenvalue weighted by Gasteiger charge is 2.29. The smallest absolute Gasteiger partial charge is 0.340 e. The maximum atomic E-state index is 15.2. The Morgan fingerprint density at radius 3 is 2.44 bits per heavy atom. The third-order valence-electron chi connectivity index (χ3n) is 3.72. The Labute approximate surface area is 162 Å². The number of ether oxygens (including phenoxy) is 1. The summed E-state index contributed by atoms with van der Waals surface area (Å²) in [6.07, 6.45) is 0.232. The van der Waals surface area contributed by atoms with Crippen LogP contribution < -0.4 is 10.6 Å². The molecule has 1 amide bonds. The highest BCUT2D eigenvalue weighted by atomic mass is 79.9. The predicted molar refractivity (Wildman–Crippen MR) is 100 cm³/mol. The van der Waals surface area contributed by atoms with E-state index < -0.39 is 28.9 Å². The zero-order chi connectivity index (χ0) is 20.4. The molecule has 0 radical (unpaired) electrons. The van der Waals surface area contributed by atoms with Gasteiger partial charge in [-0.2, -0.15) is 0 Å². The molecule has 6 nitrogen and oxygen atoms in total. The number of halogens is 3. The second-order valence-electron chi connectivity index (χ2n) is 6.10. The Bertz CT molecular complexity index is 898. The zero-order valence-electron chi connectivity index (χ0n) is 14.7. The fraction of sp³-hybridized carbons (Fsp3) is 0.222. The summed E-state index contributed by atoms with van der Waals surface area (Å²) in [6.45, 7) is 2.72. The second kappa shape index (κ2) is 8.01. The van der Waals surface area contributed by atoms with Crippen LogP contribution in [0.2, 0.25) is 0 Å². The summed E-state index contributed by atoms with van der Waals surface area (Å²) in [7, 11) is 1.10. The van der Waals surface area contributed by atoms with Crippen molar-refractivity contribution in [2.75, 3.05) is 17.7 Å². The minimum absolute atomic E-state index is 0.0469. The highest BCUT2D eigenvalue weighted by molar-refractivity contribution is 9.10. The van der Waals surface area contributed by atoms with Crippen molar-refractivity contribution in [2.45, 2.75) is 19.4 Å². The monoisotopic (exact) mass is 442 g/mol. The maximum Gasteiger partial charge on any atom is 0.340 e. The molecule has 0 spiro atoms. The van der Waals surface area contributed by atoms with Crippen LogP contribution in [0.25, 0.3) is 0 Å². The number of rotatable bonds is 6. The van der Waals surface area contributed by atoms with Crippen LogP contribution in [0.1, 0.15) is 29.8 Å². The van der Waals surface area contributed by atoms with Gasteiger partial charge >= 0.3 is 5.97 Å². The van der Waals surface area contributed by atoms with Gasteiger partial charge < -0.3 is 20.5 Å². The van der Waals surface area contributed by atoms with Crippen LogP contribution in [-0.2, 0) is 15.1 Å². The van der Waals surface area contributed by atoms with Gasteiger partial charge in [-0.3, -0.25) is 4.79 Å². The summed E-state index contributed by atoms with van der Waals surface area (Å²) >= 11 is 3.12. The van der Waals surface area contributed by atoms with Crippen molar-refractivity contribution in [1.29, 1.82) is 0 Å². The molecule has 0 aliphatic rings. The van der Waals surface area contributed by atoms with Crippen LogP contribution in [0.15, 0.2) is 28.7 Å². The molecule has 2 rings (SSSR count). The lowest BCUT2D eigenvalue weighted by molar-refractivity contribution is -0.105. The van der Waals surface area contributed by atoms with Crippen molar-refractivity contribution in [3.63, 3.8) is 0 Å². The lowest BCUT2D eigenvalue weighted by Crippen LogP contribution is -2.21. The molecule has 9 heteroatoms. The third-order valence-corrected chi connectivity index (χ3v) is 4.22. The van der Waals surface area contributed by atoms with Gasteiger partial charge in [0.25, 0.3) is 0 Å². The summed E-state index contributed by atoms with van der Waals surface area (Å²) in [4.78, 5) is 23.1. The van der Waals surface area contributed by atoms with Gasteiger partial charge in [-0.1, -0.05) is 15.9 Å². The van der Waals surface area contributed by atoms with Gasteiger partial charge in [0.15, 0.2) is 5.82 Å². The summed E-state index contributed by atoms with van der Waals surface area (Å²) in [5.41, 5.74) is -2.75. The number of methoxy groups -OCH3 is 1. The zero-order valence-corrected chi connectivity index (χ0v) is 16.3. The fourth-order valence-electron chi connectivity index (χ4n) is 2.45. The number of hydrogen-bond acceptors (Lipinski definition) is 5. The minimum Gasteiger partial charge on any atom is -0.465 e. The van der Waals surface area contributed by atoms with Crippen LogP contribution in [0.4, 0.5) is 25.8 Å². The Morgan fingerprint density at radius 1 is 1.26 bits per heavy atom. The molecule has 0 bridgehead atoms. The molecule has 27 heavy (non-hydrogen) atoms. The van der Waals surface area contributed by atoms with Gasteiger partial charge in [-0.05, 0) is 38.1 Å². The van der Waals surface area contributed by atoms with Crippen molar-refractivity contribution in [1.82, 2.24) is 0 Å². The third kappa shape index (κ3) is 4.42. The number of carbonyl (C=O) groups is 2. The summed E-state index contributed by atoms with van der Waals surface area (Å²) < 4.78 is 34.5. The first-order valence-electron chi connectivity index (χ1n) is 7.70. The van der Waals surface area contributed by atoms with Crippen LogP contribution in [-0.4, -0.2) is 24.6 Å². The topological polar surface area (TPSA) is 87.7 Å². The van der Waals surface area contributed by atoms with Crippen LogP contribution >= 0.6 is 15.9 Å². The van der Waals surface area contributed by atoms with E-state index in [4.69, 9.17) is 0 Å². The Balaban J connectivity index is 2.75. The molecule has 2 aromatic carbocycles. The first kappa shape index (κ1) is 20.8. The summed E-state index contributed by atoms with van der Waals surface area (Å²) in [5.74, 6) is -2.66. The molecule has 0 aromatic heterocycles. The number of aliphatic hydroxyl groups is 1. The minimum atomic E-state index is -1.59. The van der Waals surface area contributed by atoms with Crippen molar-refractivity contribution < 1.29 is 28.2 Å². The molecule has 0 atom stereocenters. The number of nitrogens with one attached hydrogen (secondary N) is 2. The molecule has 2 aromatic rings. The molecule has 0 saturated heterocycles. The van der Waals surface area contributed by atoms with Crippen LogP contribution in [0.5, 0.6) is 0 Å². The first-order valence-corrected chi connectivity index (χ1v) is 8.49. The number of benzene rings is 2. The molecular formula is C18H17BrF2N2O4. The van der Waals surface area contributed by atoms with E-state index in [-0.39, 0.29) is 28.9 Å². The average Bonchev–Trinajstić information content (AvgIpc) is 2.58. The largest absolute Gasteiger partial charge is 0.465 e. The van der Waals surface area contributed by atoms with Gasteiger partial charge in [0.1, 0.15) is 5.82 Å². The molecule has 0 unspecified atom stereocenters. The quantitative estimate of drug-likeness (QED) is 0.463.